The van der Waals surface area contributed by atoms with Gasteiger partial charge in [-0.15, -0.1) is 0 Å². The van der Waals surface area contributed by atoms with Gasteiger partial charge in [0.25, 0.3) is 0 Å². The molecule has 0 aliphatic heterocycles. The van der Waals surface area contributed by atoms with Gasteiger partial charge in [0, 0.05) is 5.41 Å². The first-order chi connectivity index (χ1) is 23.1. The summed E-state index contributed by atoms with van der Waals surface area (Å²) in [5.74, 6) is 0. The Morgan fingerprint density at radius 3 is 1.83 bits per heavy atom. The van der Waals surface area contributed by atoms with Gasteiger partial charge in [-0.25, -0.2) is 0 Å². The highest BCUT2D eigenvalue weighted by Crippen LogP contribution is 2.54. The first-order valence-electron chi connectivity index (χ1n) is 16.6. The summed E-state index contributed by atoms with van der Waals surface area (Å²) >= 11 is 0. The average molecular weight is 597 g/mol. The first-order valence-corrected chi connectivity index (χ1v) is 16.6. The molecule has 0 heteroatoms. The third-order valence-corrected chi connectivity index (χ3v) is 10.8. The Labute approximate surface area is 274 Å². The van der Waals surface area contributed by atoms with Crippen molar-refractivity contribution in [2.45, 2.75) is 19.3 Å². The molecule has 1 aliphatic rings. The van der Waals surface area contributed by atoms with E-state index in [0.29, 0.717) is 0 Å². The second-order valence-corrected chi connectivity index (χ2v) is 13.7. The van der Waals surface area contributed by atoms with E-state index in [9.17, 15) is 0 Å². The van der Waals surface area contributed by atoms with Crippen LogP contribution >= 0.6 is 0 Å². The smallest absolute Gasteiger partial charge is 0.0159 e. The molecule has 0 saturated heterocycles. The lowest BCUT2D eigenvalue weighted by Gasteiger charge is -2.24. The molecule has 0 amide bonds. The van der Waals surface area contributed by atoms with E-state index < -0.39 is 0 Å². The summed E-state index contributed by atoms with van der Waals surface area (Å²) in [7, 11) is 0. The van der Waals surface area contributed by atoms with Crippen molar-refractivity contribution in [3.8, 4) is 44.5 Å². The lowest BCUT2D eigenvalue weighted by molar-refractivity contribution is 0.661. The van der Waals surface area contributed by atoms with E-state index in [1.165, 1.54) is 98.7 Å². The zero-order valence-electron chi connectivity index (χ0n) is 26.5. The molecule has 0 unspecified atom stereocenters. The molecule has 10 rings (SSSR count). The summed E-state index contributed by atoms with van der Waals surface area (Å²) in [5, 5.41) is 10.5. The minimum atomic E-state index is -0.0840. The average Bonchev–Trinajstić information content (AvgIpc) is 3.36. The lowest BCUT2D eigenvalue weighted by atomic mass is 9.79. The van der Waals surface area contributed by atoms with Crippen molar-refractivity contribution in [2.75, 3.05) is 0 Å². The van der Waals surface area contributed by atoms with Crippen molar-refractivity contribution in [3.05, 3.63) is 169 Å². The summed E-state index contributed by atoms with van der Waals surface area (Å²) in [6, 6.07) is 58.9. The first kappa shape index (κ1) is 26.5. The lowest BCUT2D eigenvalue weighted by Crippen LogP contribution is -2.15. The maximum absolute atomic E-state index is 2.50. The zero-order valence-corrected chi connectivity index (χ0v) is 26.5. The predicted octanol–water partition coefficient (Wildman–Crippen LogP) is 13.0. The van der Waals surface area contributed by atoms with Gasteiger partial charge in [0.1, 0.15) is 0 Å². The van der Waals surface area contributed by atoms with Gasteiger partial charge in [0.05, 0.1) is 0 Å². The van der Waals surface area contributed by atoms with Gasteiger partial charge in [-0.1, -0.05) is 159 Å². The standard InChI is InChI=1S/C47H32/c1-47(2)42-18-9-8-17-39(42)46-37-16-7-6-15-35(37)41(28-43(46)47)36-25-23-33(27-40(36)29-11-4-3-5-12-29)34-24-21-32-20-19-30-13-10-14-31-22-26-38(34)45(32)44(30)31/h3-28H,1-2H3. The minimum absolute atomic E-state index is 0.0840. The van der Waals surface area contributed by atoms with Crippen LogP contribution in [0.4, 0.5) is 0 Å². The van der Waals surface area contributed by atoms with Crippen LogP contribution in [0.15, 0.2) is 158 Å². The maximum Gasteiger partial charge on any atom is 0.0159 e. The molecule has 0 aromatic heterocycles. The third-order valence-electron chi connectivity index (χ3n) is 10.8. The SMILES string of the molecule is CC1(C)c2ccccc2-c2c1cc(-c1ccc(-c3ccc4ccc5cccc6ccc3c4c56)cc1-c1ccccc1)c1ccccc21. The van der Waals surface area contributed by atoms with Crippen LogP contribution in [0, 0.1) is 0 Å². The largest absolute Gasteiger partial charge is 0.0622 e. The number of fused-ring (bicyclic) bond motifs is 5. The zero-order chi connectivity index (χ0) is 31.3. The molecule has 0 heterocycles. The summed E-state index contributed by atoms with van der Waals surface area (Å²) in [5.41, 5.74) is 13.0. The van der Waals surface area contributed by atoms with Crippen LogP contribution in [0.25, 0.3) is 87.6 Å². The highest BCUT2D eigenvalue weighted by molar-refractivity contribution is 6.25. The molecule has 9 aromatic rings. The molecule has 0 radical (unpaired) electrons. The minimum Gasteiger partial charge on any atom is -0.0622 e. The van der Waals surface area contributed by atoms with Crippen molar-refractivity contribution >= 4 is 43.1 Å². The molecule has 220 valence electrons. The molecule has 0 atom stereocenters. The molecular formula is C47H32. The molecule has 0 nitrogen and oxygen atoms in total. The molecule has 0 bridgehead atoms. The van der Waals surface area contributed by atoms with Crippen molar-refractivity contribution in [1.29, 1.82) is 0 Å². The summed E-state index contributed by atoms with van der Waals surface area (Å²) < 4.78 is 0. The van der Waals surface area contributed by atoms with E-state index in [1.807, 2.05) is 0 Å². The molecule has 0 saturated carbocycles. The summed E-state index contributed by atoms with van der Waals surface area (Å²) in [4.78, 5) is 0. The molecule has 0 N–H and O–H groups in total. The fourth-order valence-electron chi connectivity index (χ4n) is 8.56. The van der Waals surface area contributed by atoms with E-state index in [4.69, 9.17) is 0 Å². The van der Waals surface area contributed by atoms with E-state index in [0.717, 1.165) is 0 Å². The highest BCUT2D eigenvalue weighted by Gasteiger charge is 2.37. The van der Waals surface area contributed by atoms with E-state index >= 15 is 0 Å². The second kappa shape index (κ2) is 9.64. The summed E-state index contributed by atoms with van der Waals surface area (Å²) in [6.07, 6.45) is 0. The number of rotatable bonds is 3. The number of hydrogen-bond donors (Lipinski definition) is 0. The monoisotopic (exact) mass is 596 g/mol. The van der Waals surface area contributed by atoms with Gasteiger partial charge >= 0.3 is 0 Å². The summed E-state index contributed by atoms with van der Waals surface area (Å²) in [6.45, 7) is 4.76. The van der Waals surface area contributed by atoms with Crippen LogP contribution in [-0.4, -0.2) is 0 Å². The Balaban J connectivity index is 1.25. The van der Waals surface area contributed by atoms with Crippen LogP contribution in [0.1, 0.15) is 25.0 Å². The van der Waals surface area contributed by atoms with Gasteiger partial charge in [-0.05, 0) is 111 Å². The Morgan fingerprint density at radius 2 is 1.00 bits per heavy atom. The van der Waals surface area contributed by atoms with Crippen molar-refractivity contribution in [2.24, 2.45) is 0 Å². The predicted molar refractivity (Wildman–Crippen MR) is 202 cm³/mol. The topological polar surface area (TPSA) is 0 Å². The maximum atomic E-state index is 2.50. The normalized spacial score (nSPS) is 13.5. The van der Waals surface area contributed by atoms with Gasteiger partial charge in [0.15, 0.2) is 0 Å². The van der Waals surface area contributed by atoms with Gasteiger partial charge in [0.2, 0.25) is 0 Å². The van der Waals surface area contributed by atoms with Crippen LogP contribution in [0.3, 0.4) is 0 Å². The third kappa shape index (κ3) is 3.70. The van der Waals surface area contributed by atoms with Crippen LogP contribution < -0.4 is 0 Å². The number of hydrogen-bond acceptors (Lipinski definition) is 0. The Bertz CT molecular complexity index is 2670. The second-order valence-electron chi connectivity index (χ2n) is 13.7. The van der Waals surface area contributed by atoms with Crippen LogP contribution in [0.5, 0.6) is 0 Å². The fourth-order valence-corrected chi connectivity index (χ4v) is 8.56. The van der Waals surface area contributed by atoms with Gasteiger partial charge in [-0.2, -0.15) is 0 Å². The molecular weight excluding hydrogens is 565 g/mol. The molecule has 0 spiro atoms. The molecule has 47 heavy (non-hydrogen) atoms. The van der Waals surface area contributed by atoms with Crippen molar-refractivity contribution < 1.29 is 0 Å². The van der Waals surface area contributed by atoms with Gasteiger partial charge < -0.3 is 0 Å². The quantitative estimate of drug-likeness (QED) is 0.178. The highest BCUT2D eigenvalue weighted by atomic mass is 14.4. The Hall–Kier alpha value is -5.72. The van der Waals surface area contributed by atoms with Crippen molar-refractivity contribution in [3.63, 3.8) is 0 Å². The van der Waals surface area contributed by atoms with Crippen LogP contribution in [0.2, 0.25) is 0 Å². The molecule has 9 aromatic carbocycles. The molecule has 0 fully saturated rings. The number of benzene rings is 9. The molecule has 1 aliphatic carbocycles. The van der Waals surface area contributed by atoms with E-state index in [2.05, 4.69) is 172 Å². The van der Waals surface area contributed by atoms with Crippen LogP contribution in [-0.2, 0) is 5.41 Å². The van der Waals surface area contributed by atoms with E-state index in [-0.39, 0.29) is 5.41 Å². The van der Waals surface area contributed by atoms with Gasteiger partial charge in [-0.3, -0.25) is 0 Å². The Morgan fingerprint density at radius 1 is 0.340 bits per heavy atom. The van der Waals surface area contributed by atoms with Crippen molar-refractivity contribution in [1.82, 2.24) is 0 Å². The van der Waals surface area contributed by atoms with E-state index in [1.54, 1.807) is 0 Å². The Kier molecular flexibility index (Phi) is 5.44. The fraction of sp³-hybridized carbons (Fsp3) is 0.0638.